The lowest BCUT2D eigenvalue weighted by atomic mass is 9.95. The first-order valence-corrected chi connectivity index (χ1v) is 9.58. The fourth-order valence-corrected chi connectivity index (χ4v) is 3.76. The minimum absolute atomic E-state index is 0.0704. The highest BCUT2D eigenvalue weighted by molar-refractivity contribution is 6.33. The molecule has 0 spiro atoms. The van der Waals surface area contributed by atoms with Gasteiger partial charge in [-0.05, 0) is 29.8 Å². The van der Waals surface area contributed by atoms with Gasteiger partial charge < -0.3 is 15.4 Å². The van der Waals surface area contributed by atoms with E-state index in [1.807, 2.05) is 0 Å². The number of esters is 1. The van der Waals surface area contributed by atoms with Crippen LogP contribution in [0.25, 0.3) is 0 Å². The summed E-state index contributed by atoms with van der Waals surface area (Å²) < 4.78 is 18.5. The van der Waals surface area contributed by atoms with Crippen molar-refractivity contribution in [2.24, 2.45) is 0 Å². The second-order valence-electron chi connectivity index (χ2n) is 6.60. The zero-order chi connectivity index (χ0) is 21.4. The molecule has 10 heteroatoms. The van der Waals surface area contributed by atoms with Gasteiger partial charge in [0.05, 0.1) is 28.0 Å². The second-order valence-corrected chi connectivity index (χ2v) is 7.41. The molecule has 2 aromatic rings. The molecule has 0 radical (unpaired) electrons. The Hall–Kier alpha value is -3.10. The van der Waals surface area contributed by atoms with E-state index in [0.717, 1.165) is 17.0 Å². The Bertz CT molecular complexity index is 1110. The average Bonchev–Trinajstić information content (AvgIpc) is 3.09. The zero-order valence-corrected chi connectivity index (χ0v) is 16.8. The SMILES string of the molecule is O=C(CN1C(=O)N[C@@H](c2ccccc2Cl)C2=C1COC2=O)Nc1cc(F)ccc1Cl. The summed E-state index contributed by atoms with van der Waals surface area (Å²) in [6.07, 6.45) is 0. The standard InChI is InChI=1S/C20H14Cl2FN3O4/c21-12-4-2-1-3-11(12)18-17-15(9-30-19(17)28)26(20(29)25-18)8-16(27)24-14-7-10(23)5-6-13(14)22/h1-7,18H,8-9H2,(H,24,27)(H,25,29)/t18-/m0/s1. The van der Waals surface area contributed by atoms with Crippen molar-refractivity contribution in [1.29, 1.82) is 0 Å². The number of hydrogen-bond acceptors (Lipinski definition) is 4. The molecule has 154 valence electrons. The van der Waals surface area contributed by atoms with Crippen LogP contribution in [-0.2, 0) is 14.3 Å². The lowest BCUT2D eigenvalue weighted by Crippen LogP contribution is -2.49. The number of nitrogens with zero attached hydrogens (tertiary/aromatic N) is 1. The highest BCUT2D eigenvalue weighted by atomic mass is 35.5. The van der Waals surface area contributed by atoms with E-state index in [1.165, 1.54) is 6.07 Å². The molecule has 2 aliphatic heterocycles. The molecule has 3 amide bonds. The molecule has 0 aromatic heterocycles. The predicted molar refractivity (Wildman–Crippen MR) is 107 cm³/mol. The van der Waals surface area contributed by atoms with Gasteiger partial charge in [-0.25, -0.2) is 14.0 Å². The molecule has 0 saturated carbocycles. The van der Waals surface area contributed by atoms with Gasteiger partial charge in [0.25, 0.3) is 0 Å². The van der Waals surface area contributed by atoms with Crippen molar-refractivity contribution in [1.82, 2.24) is 10.2 Å². The topological polar surface area (TPSA) is 87.7 Å². The largest absolute Gasteiger partial charge is 0.456 e. The van der Waals surface area contributed by atoms with Gasteiger partial charge in [0.1, 0.15) is 19.0 Å². The first-order valence-electron chi connectivity index (χ1n) is 8.82. The number of cyclic esters (lactones) is 1. The zero-order valence-electron chi connectivity index (χ0n) is 15.2. The fourth-order valence-electron chi connectivity index (χ4n) is 3.35. The monoisotopic (exact) mass is 449 g/mol. The van der Waals surface area contributed by atoms with E-state index in [1.54, 1.807) is 24.3 Å². The number of amides is 3. The smallest absolute Gasteiger partial charge is 0.338 e. The summed E-state index contributed by atoms with van der Waals surface area (Å²) in [6.45, 7) is -0.583. The van der Waals surface area contributed by atoms with Crippen LogP contribution >= 0.6 is 23.2 Å². The number of hydrogen-bond donors (Lipinski definition) is 2. The van der Waals surface area contributed by atoms with Crippen LogP contribution in [0.1, 0.15) is 11.6 Å². The van der Waals surface area contributed by atoms with E-state index in [2.05, 4.69) is 10.6 Å². The molecular formula is C20H14Cl2FN3O4. The maximum absolute atomic E-state index is 13.4. The van der Waals surface area contributed by atoms with Gasteiger partial charge in [0, 0.05) is 5.02 Å². The first kappa shape index (κ1) is 20.2. The van der Waals surface area contributed by atoms with Crippen LogP contribution in [0.3, 0.4) is 0 Å². The number of rotatable bonds is 4. The maximum Gasteiger partial charge on any atom is 0.338 e. The second kappa shape index (κ2) is 7.97. The molecule has 2 N–H and O–H groups in total. The molecule has 1 atom stereocenters. The highest BCUT2D eigenvalue weighted by Crippen LogP contribution is 2.37. The van der Waals surface area contributed by atoms with Gasteiger partial charge in [-0.15, -0.1) is 0 Å². The molecule has 0 aliphatic carbocycles. The van der Waals surface area contributed by atoms with E-state index >= 15 is 0 Å². The van der Waals surface area contributed by atoms with Gasteiger partial charge in [-0.2, -0.15) is 0 Å². The third-order valence-corrected chi connectivity index (χ3v) is 5.39. The van der Waals surface area contributed by atoms with Crippen LogP contribution < -0.4 is 10.6 Å². The van der Waals surface area contributed by atoms with Crippen LogP contribution in [0.15, 0.2) is 53.7 Å². The van der Waals surface area contributed by atoms with Gasteiger partial charge in [0.2, 0.25) is 5.91 Å². The van der Waals surface area contributed by atoms with Crippen molar-refractivity contribution in [3.8, 4) is 0 Å². The number of benzene rings is 2. The summed E-state index contributed by atoms with van der Waals surface area (Å²) in [7, 11) is 0. The molecule has 7 nitrogen and oxygen atoms in total. The normalized spacial score (nSPS) is 18.1. The molecule has 0 unspecified atom stereocenters. The number of urea groups is 1. The van der Waals surface area contributed by atoms with E-state index in [0.29, 0.717) is 10.6 Å². The van der Waals surface area contributed by atoms with Gasteiger partial charge in [-0.1, -0.05) is 41.4 Å². The Kier molecular flexibility index (Phi) is 5.36. The molecule has 2 aliphatic rings. The molecule has 2 aromatic carbocycles. The molecule has 0 bridgehead atoms. The Morgan fingerprint density at radius 2 is 1.97 bits per heavy atom. The maximum atomic E-state index is 13.4. The Morgan fingerprint density at radius 1 is 1.20 bits per heavy atom. The molecule has 0 saturated heterocycles. The van der Waals surface area contributed by atoms with E-state index in [4.69, 9.17) is 27.9 Å². The Balaban J connectivity index is 1.62. The fraction of sp³-hybridized carbons (Fsp3) is 0.150. The summed E-state index contributed by atoms with van der Waals surface area (Å²) in [5.74, 6) is -1.80. The van der Waals surface area contributed by atoms with Gasteiger partial charge in [0.15, 0.2) is 0 Å². The van der Waals surface area contributed by atoms with Crippen LogP contribution in [0.5, 0.6) is 0 Å². The average molecular weight is 450 g/mol. The van der Waals surface area contributed by atoms with Crippen molar-refractivity contribution < 1.29 is 23.5 Å². The summed E-state index contributed by atoms with van der Waals surface area (Å²) in [5.41, 5.74) is 1.09. The molecule has 4 rings (SSSR count). The predicted octanol–water partition coefficient (Wildman–Crippen LogP) is 3.65. The highest BCUT2D eigenvalue weighted by Gasteiger charge is 2.43. The number of carbonyl (C=O) groups is 3. The molecule has 0 fully saturated rings. The quantitative estimate of drug-likeness (QED) is 0.697. The van der Waals surface area contributed by atoms with Gasteiger partial charge >= 0.3 is 12.0 Å². The number of carbonyl (C=O) groups excluding carboxylic acids is 3. The van der Waals surface area contributed by atoms with Crippen LogP contribution in [0.4, 0.5) is 14.9 Å². The van der Waals surface area contributed by atoms with Crippen molar-refractivity contribution in [3.05, 3.63) is 75.2 Å². The Morgan fingerprint density at radius 3 is 2.73 bits per heavy atom. The van der Waals surface area contributed by atoms with Crippen molar-refractivity contribution >= 4 is 46.8 Å². The lowest BCUT2D eigenvalue weighted by molar-refractivity contribution is -0.136. The van der Waals surface area contributed by atoms with Crippen molar-refractivity contribution in [3.63, 3.8) is 0 Å². The minimum atomic E-state index is -0.798. The van der Waals surface area contributed by atoms with Crippen molar-refractivity contribution in [2.75, 3.05) is 18.5 Å². The number of anilines is 1. The lowest BCUT2D eigenvalue weighted by Gasteiger charge is -2.32. The molecular weight excluding hydrogens is 436 g/mol. The Labute approximate surface area is 180 Å². The third kappa shape index (κ3) is 3.71. The summed E-state index contributed by atoms with van der Waals surface area (Å²) in [5, 5.41) is 5.67. The van der Waals surface area contributed by atoms with E-state index in [-0.39, 0.29) is 28.6 Å². The first-order chi connectivity index (χ1) is 14.3. The van der Waals surface area contributed by atoms with Crippen molar-refractivity contribution in [2.45, 2.75) is 6.04 Å². The summed E-state index contributed by atoms with van der Waals surface area (Å²) in [4.78, 5) is 38.7. The molecule has 2 heterocycles. The van der Waals surface area contributed by atoms with Gasteiger partial charge in [-0.3, -0.25) is 9.69 Å². The third-order valence-electron chi connectivity index (χ3n) is 4.72. The number of ether oxygens (including phenoxy) is 1. The summed E-state index contributed by atoms with van der Waals surface area (Å²) >= 11 is 12.2. The minimum Gasteiger partial charge on any atom is -0.456 e. The van der Waals surface area contributed by atoms with Crippen LogP contribution in [-0.4, -0.2) is 36.0 Å². The molecule has 30 heavy (non-hydrogen) atoms. The number of nitrogens with one attached hydrogen (secondary N) is 2. The van der Waals surface area contributed by atoms with Crippen LogP contribution in [0, 0.1) is 5.82 Å². The van der Waals surface area contributed by atoms with Crippen LogP contribution in [0.2, 0.25) is 10.0 Å². The number of halogens is 3. The van der Waals surface area contributed by atoms with E-state index in [9.17, 15) is 18.8 Å². The van der Waals surface area contributed by atoms with E-state index < -0.39 is 36.3 Å². The summed E-state index contributed by atoms with van der Waals surface area (Å²) in [6, 6.07) is 8.93.